The average Bonchev–Trinajstić information content (AvgIpc) is 2.82. The van der Waals surface area contributed by atoms with E-state index in [1.54, 1.807) is 11.3 Å². The van der Waals surface area contributed by atoms with Crippen LogP contribution in [0.3, 0.4) is 0 Å². The molecule has 0 amide bonds. The lowest BCUT2D eigenvalue weighted by Gasteiger charge is -2.16. The summed E-state index contributed by atoms with van der Waals surface area (Å²) in [4.78, 5) is 5.32. The highest BCUT2D eigenvalue weighted by Crippen LogP contribution is 2.27. The van der Waals surface area contributed by atoms with Crippen molar-refractivity contribution in [1.29, 1.82) is 0 Å². The number of aromatic nitrogens is 1. The van der Waals surface area contributed by atoms with E-state index in [1.807, 2.05) is 37.0 Å². The van der Waals surface area contributed by atoms with E-state index in [9.17, 15) is 0 Å². The average molecular weight is 287 g/mol. The molecule has 0 aliphatic rings. The van der Waals surface area contributed by atoms with E-state index in [1.165, 1.54) is 4.88 Å². The predicted octanol–water partition coefficient (Wildman–Crippen LogP) is 3.95. The lowest BCUT2D eigenvalue weighted by atomic mass is 10.0. The van der Waals surface area contributed by atoms with Crippen LogP contribution in [0.4, 0.5) is 0 Å². The summed E-state index contributed by atoms with van der Waals surface area (Å²) in [5, 5.41) is 4.46. The second-order valence-electron chi connectivity index (χ2n) is 3.69. The molecule has 1 aromatic carbocycles. The third-order valence-corrected chi connectivity index (χ3v) is 4.12. The van der Waals surface area contributed by atoms with Crippen LogP contribution in [0.5, 0.6) is 0 Å². The molecule has 1 atom stereocenters. The first kappa shape index (κ1) is 12.8. The van der Waals surface area contributed by atoms with Gasteiger partial charge in [0.1, 0.15) is 0 Å². The van der Waals surface area contributed by atoms with Gasteiger partial charge in [-0.05, 0) is 24.7 Å². The Balaban J connectivity index is 2.20. The molecule has 0 fully saturated rings. The lowest BCUT2D eigenvalue weighted by Crippen LogP contribution is -2.18. The first-order valence-corrected chi connectivity index (χ1v) is 6.84. The van der Waals surface area contributed by atoms with Crippen molar-refractivity contribution in [2.45, 2.75) is 12.5 Å². The van der Waals surface area contributed by atoms with E-state index >= 15 is 0 Å². The van der Waals surface area contributed by atoms with Gasteiger partial charge in [0.2, 0.25) is 0 Å². The molecular weight excluding hydrogens is 275 g/mol. The maximum absolute atomic E-state index is 6.03. The zero-order valence-electron chi connectivity index (χ0n) is 9.28. The van der Waals surface area contributed by atoms with Crippen LogP contribution in [-0.4, -0.2) is 12.0 Å². The minimum absolute atomic E-state index is 0.227. The molecule has 1 unspecified atom stereocenters. The molecule has 0 saturated carbocycles. The van der Waals surface area contributed by atoms with E-state index in [2.05, 4.69) is 10.3 Å². The first-order valence-electron chi connectivity index (χ1n) is 5.20. The summed E-state index contributed by atoms with van der Waals surface area (Å²) >= 11 is 13.6. The molecule has 1 N–H and O–H groups in total. The quantitative estimate of drug-likeness (QED) is 0.921. The van der Waals surface area contributed by atoms with Gasteiger partial charge < -0.3 is 5.32 Å². The highest BCUT2D eigenvalue weighted by Gasteiger charge is 2.12. The molecule has 0 radical (unpaired) electrons. The Bertz CT molecular complexity index is 485. The van der Waals surface area contributed by atoms with Gasteiger partial charge in [-0.2, -0.15) is 0 Å². The SMILES string of the molecule is CNC(Cc1cncs1)c1ccc(Cl)c(Cl)c1. The van der Waals surface area contributed by atoms with Gasteiger partial charge >= 0.3 is 0 Å². The fourth-order valence-electron chi connectivity index (χ4n) is 1.66. The number of nitrogens with one attached hydrogen (secondary N) is 1. The van der Waals surface area contributed by atoms with Crippen LogP contribution in [-0.2, 0) is 6.42 Å². The molecule has 2 rings (SSSR count). The van der Waals surface area contributed by atoms with E-state index in [0.717, 1.165) is 12.0 Å². The Labute approximate surface area is 115 Å². The van der Waals surface area contributed by atoms with Crippen LogP contribution >= 0.6 is 34.5 Å². The number of hydrogen-bond donors (Lipinski definition) is 1. The number of rotatable bonds is 4. The smallest absolute Gasteiger partial charge is 0.0794 e. The lowest BCUT2D eigenvalue weighted by molar-refractivity contribution is 0.596. The Morgan fingerprint density at radius 1 is 1.35 bits per heavy atom. The molecule has 1 aromatic heterocycles. The normalized spacial score (nSPS) is 12.6. The van der Waals surface area contributed by atoms with Crippen molar-refractivity contribution in [2.75, 3.05) is 7.05 Å². The van der Waals surface area contributed by atoms with Crippen molar-refractivity contribution in [2.24, 2.45) is 0 Å². The number of hydrogen-bond acceptors (Lipinski definition) is 3. The summed E-state index contributed by atoms with van der Waals surface area (Å²) in [6.45, 7) is 0. The van der Waals surface area contributed by atoms with Crippen LogP contribution in [0.1, 0.15) is 16.5 Å². The summed E-state index contributed by atoms with van der Waals surface area (Å²) in [6, 6.07) is 5.96. The number of thiazole rings is 1. The van der Waals surface area contributed by atoms with Crippen molar-refractivity contribution in [3.8, 4) is 0 Å². The highest BCUT2D eigenvalue weighted by atomic mass is 35.5. The summed E-state index contributed by atoms with van der Waals surface area (Å²) in [5.74, 6) is 0. The monoisotopic (exact) mass is 286 g/mol. The molecule has 90 valence electrons. The van der Waals surface area contributed by atoms with Gasteiger partial charge in [0.15, 0.2) is 0 Å². The van der Waals surface area contributed by atoms with E-state index in [0.29, 0.717) is 10.0 Å². The fraction of sp³-hybridized carbons (Fsp3) is 0.250. The van der Waals surface area contributed by atoms with Crippen molar-refractivity contribution in [1.82, 2.24) is 10.3 Å². The van der Waals surface area contributed by atoms with E-state index < -0.39 is 0 Å². The standard InChI is InChI=1S/C12H12Cl2N2S/c1-15-12(5-9-6-16-7-17-9)8-2-3-10(13)11(14)4-8/h2-4,6-7,12,15H,5H2,1H3. The van der Waals surface area contributed by atoms with Gasteiger partial charge in [-0.3, -0.25) is 4.98 Å². The second kappa shape index (κ2) is 5.83. The number of nitrogens with zero attached hydrogens (tertiary/aromatic N) is 1. The third-order valence-electron chi connectivity index (χ3n) is 2.58. The summed E-state index contributed by atoms with van der Waals surface area (Å²) < 4.78 is 0. The zero-order valence-corrected chi connectivity index (χ0v) is 11.6. The Morgan fingerprint density at radius 2 is 2.18 bits per heavy atom. The topological polar surface area (TPSA) is 24.9 Å². The van der Waals surface area contributed by atoms with E-state index in [-0.39, 0.29) is 6.04 Å². The number of benzene rings is 1. The van der Waals surface area contributed by atoms with Gasteiger partial charge in [-0.25, -0.2) is 0 Å². The van der Waals surface area contributed by atoms with Crippen LogP contribution < -0.4 is 5.32 Å². The third kappa shape index (κ3) is 3.19. The van der Waals surface area contributed by atoms with Gasteiger partial charge in [0, 0.05) is 23.5 Å². The molecule has 2 nitrogen and oxygen atoms in total. The maximum Gasteiger partial charge on any atom is 0.0794 e. The van der Waals surface area contributed by atoms with Crippen molar-refractivity contribution in [3.63, 3.8) is 0 Å². The zero-order chi connectivity index (χ0) is 12.3. The second-order valence-corrected chi connectivity index (χ2v) is 5.47. The first-order chi connectivity index (χ1) is 8.20. The Kier molecular flexibility index (Phi) is 4.40. The van der Waals surface area contributed by atoms with Crippen molar-refractivity contribution < 1.29 is 0 Å². The largest absolute Gasteiger partial charge is 0.313 e. The molecule has 1 heterocycles. The van der Waals surface area contributed by atoms with E-state index in [4.69, 9.17) is 23.2 Å². The van der Waals surface area contributed by atoms with Crippen LogP contribution in [0.15, 0.2) is 29.9 Å². The van der Waals surface area contributed by atoms with Crippen LogP contribution in [0.25, 0.3) is 0 Å². The molecule has 5 heteroatoms. The predicted molar refractivity (Wildman–Crippen MR) is 74.1 cm³/mol. The molecule has 17 heavy (non-hydrogen) atoms. The summed E-state index contributed by atoms with van der Waals surface area (Å²) in [7, 11) is 1.94. The summed E-state index contributed by atoms with van der Waals surface area (Å²) in [6.07, 6.45) is 2.80. The van der Waals surface area contributed by atoms with Gasteiger partial charge in [0.05, 0.1) is 15.6 Å². The van der Waals surface area contributed by atoms with Crippen LogP contribution in [0.2, 0.25) is 10.0 Å². The molecule has 0 aliphatic heterocycles. The molecule has 0 bridgehead atoms. The fourth-order valence-corrected chi connectivity index (χ4v) is 2.61. The molecule has 2 aromatic rings. The maximum atomic E-state index is 6.03. The van der Waals surface area contributed by atoms with Gasteiger partial charge in [0.25, 0.3) is 0 Å². The Hall–Kier alpha value is -0.610. The number of halogens is 2. The minimum atomic E-state index is 0.227. The molecule has 0 saturated heterocycles. The van der Waals surface area contributed by atoms with Crippen molar-refractivity contribution in [3.05, 3.63) is 50.4 Å². The van der Waals surface area contributed by atoms with Gasteiger partial charge in [-0.1, -0.05) is 29.3 Å². The molecule has 0 spiro atoms. The minimum Gasteiger partial charge on any atom is -0.313 e. The van der Waals surface area contributed by atoms with Gasteiger partial charge in [-0.15, -0.1) is 11.3 Å². The highest BCUT2D eigenvalue weighted by molar-refractivity contribution is 7.09. The van der Waals surface area contributed by atoms with Crippen molar-refractivity contribution >= 4 is 34.5 Å². The van der Waals surface area contributed by atoms with Crippen LogP contribution in [0, 0.1) is 0 Å². The molecular formula is C12H12Cl2N2S. The summed E-state index contributed by atoms with van der Waals surface area (Å²) in [5.41, 5.74) is 2.98. The molecule has 0 aliphatic carbocycles. The number of likely N-dealkylation sites (N-methyl/N-ethyl adjacent to an activating group) is 1. The Morgan fingerprint density at radius 3 is 2.76 bits per heavy atom.